The minimum absolute atomic E-state index is 0.142. The molecule has 2 N–H and O–H groups in total. The zero-order valence-corrected chi connectivity index (χ0v) is 25.7. The molecule has 1 aromatic heterocycles. The van der Waals surface area contributed by atoms with Gasteiger partial charge >= 0.3 is 5.97 Å². The summed E-state index contributed by atoms with van der Waals surface area (Å²) in [7, 11) is -2.26. The number of benzene rings is 4. The average Bonchev–Trinajstić information content (AvgIpc) is 3.43. The van der Waals surface area contributed by atoms with E-state index in [4.69, 9.17) is 21.3 Å². The maximum Gasteiger partial charge on any atom is 0.335 e. The number of nitrogens with one attached hydrogen (secondary N) is 1. The highest BCUT2D eigenvalue weighted by Gasteiger charge is 2.23. The summed E-state index contributed by atoms with van der Waals surface area (Å²) >= 11 is 6.10. The Hall–Kier alpha value is -4.18. The van der Waals surface area contributed by atoms with Crippen LogP contribution in [-0.2, 0) is 16.6 Å². The van der Waals surface area contributed by atoms with Gasteiger partial charge in [-0.2, -0.15) is 0 Å². The van der Waals surface area contributed by atoms with Crippen LogP contribution in [0.3, 0.4) is 0 Å². The Morgan fingerprint density at radius 2 is 1.66 bits per heavy atom. The number of carboxylic acids is 1. The maximum atomic E-state index is 12.5. The summed E-state index contributed by atoms with van der Waals surface area (Å²) in [5.41, 5.74) is 5.16. The smallest absolute Gasteiger partial charge is 0.335 e. The molecule has 6 rings (SSSR count). The zero-order valence-electron chi connectivity index (χ0n) is 24.2. The lowest BCUT2D eigenvalue weighted by molar-refractivity contribution is 0.0697. The molecular weight excluding hydrogens is 598 g/mol. The van der Waals surface area contributed by atoms with Crippen LogP contribution in [0.1, 0.15) is 54.1 Å². The largest absolute Gasteiger partial charge is 0.489 e. The van der Waals surface area contributed by atoms with Crippen molar-refractivity contribution >= 4 is 38.6 Å². The molecule has 5 aromatic rings. The molecule has 0 bridgehead atoms. The van der Waals surface area contributed by atoms with Crippen LogP contribution in [0.15, 0.2) is 89.8 Å². The first kappa shape index (κ1) is 29.9. The first-order valence-electron chi connectivity index (χ1n) is 14.5. The van der Waals surface area contributed by atoms with Gasteiger partial charge in [0.15, 0.2) is 0 Å². The lowest BCUT2D eigenvalue weighted by Gasteiger charge is -2.25. The van der Waals surface area contributed by atoms with Crippen molar-refractivity contribution in [2.75, 3.05) is 7.05 Å². The fraction of sp³-hybridized carbons (Fsp3) is 0.235. The third-order valence-corrected chi connectivity index (χ3v) is 9.86. The molecule has 8 nitrogen and oxygen atoms in total. The number of ether oxygens (including phenoxy) is 1. The van der Waals surface area contributed by atoms with Crippen LogP contribution in [0.4, 0.5) is 0 Å². The number of fused-ring (bicyclic) bond motifs is 1. The molecule has 0 aliphatic heterocycles. The second-order valence-electron chi connectivity index (χ2n) is 11.0. The molecule has 10 heteroatoms. The second-order valence-corrected chi connectivity index (χ2v) is 13.3. The number of sulfonamides is 1. The monoisotopic (exact) mass is 629 g/mol. The third-order valence-electron chi connectivity index (χ3n) is 8.19. The van der Waals surface area contributed by atoms with Gasteiger partial charge in [0.1, 0.15) is 18.2 Å². The van der Waals surface area contributed by atoms with E-state index < -0.39 is 16.0 Å². The van der Waals surface area contributed by atoms with Crippen molar-refractivity contribution < 1.29 is 23.1 Å². The molecule has 44 heavy (non-hydrogen) atoms. The van der Waals surface area contributed by atoms with Gasteiger partial charge in [-0.3, -0.25) is 0 Å². The molecule has 0 unspecified atom stereocenters. The van der Waals surface area contributed by atoms with Crippen LogP contribution in [0.25, 0.3) is 33.5 Å². The van der Waals surface area contributed by atoms with Gasteiger partial charge in [-0.15, -0.1) is 0 Å². The van der Waals surface area contributed by atoms with Crippen LogP contribution in [-0.4, -0.2) is 36.1 Å². The van der Waals surface area contributed by atoms with E-state index in [2.05, 4.69) is 9.29 Å². The zero-order chi connectivity index (χ0) is 30.8. The van der Waals surface area contributed by atoms with Crippen molar-refractivity contribution in [2.24, 2.45) is 0 Å². The van der Waals surface area contributed by atoms with E-state index in [1.165, 1.54) is 13.5 Å². The molecule has 1 saturated carbocycles. The summed E-state index contributed by atoms with van der Waals surface area (Å²) in [5.74, 6) is 0.442. The van der Waals surface area contributed by atoms with Gasteiger partial charge in [0.25, 0.3) is 0 Å². The highest BCUT2D eigenvalue weighted by Crippen LogP contribution is 2.37. The quantitative estimate of drug-likeness (QED) is 0.173. The fourth-order valence-corrected chi connectivity index (χ4v) is 6.80. The van der Waals surface area contributed by atoms with Crippen molar-refractivity contribution in [1.82, 2.24) is 14.3 Å². The number of hydrogen-bond donors (Lipinski definition) is 2. The van der Waals surface area contributed by atoms with Crippen LogP contribution >= 0.6 is 11.6 Å². The minimum atomic E-state index is -3.65. The van der Waals surface area contributed by atoms with Gasteiger partial charge < -0.3 is 14.4 Å². The minimum Gasteiger partial charge on any atom is -0.489 e. The van der Waals surface area contributed by atoms with Crippen molar-refractivity contribution in [3.8, 4) is 28.3 Å². The third kappa shape index (κ3) is 6.08. The van der Waals surface area contributed by atoms with Gasteiger partial charge in [0, 0.05) is 16.6 Å². The van der Waals surface area contributed by atoms with Crippen LogP contribution in [0.5, 0.6) is 5.75 Å². The lowest BCUT2D eigenvalue weighted by Crippen LogP contribution is -2.19. The Bertz CT molecular complexity index is 1930. The molecule has 1 aliphatic rings. The molecule has 226 valence electrons. The van der Waals surface area contributed by atoms with Crippen LogP contribution in [0.2, 0.25) is 5.02 Å². The standard InChI is InChI=1S/C34H32ClN3O5S/c1-36-44(41,42)29-16-17-30(22-7-12-26(35)13-8-22)25(19-29)21-43-28-14-9-23(10-15-28)33-37-31-20-24(34(39)40)11-18-32(31)38(33)27-5-3-2-4-6-27/h7-20,27,36H,2-6,21H2,1H3,(H,39,40). The first-order valence-corrected chi connectivity index (χ1v) is 16.4. The molecule has 0 amide bonds. The normalized spacial score (nSPS) is 14.1. The fourth-order valence-electron chi connectivity index (χ4n) is 5.89. The number of hydrogen-bond acceptors (Lipinski definition) is 5. The number of rotatable bonds is 9. The number of nitrogens with zero attached hydrogens (tertiary/aromatic N) is 2. The van der Waals surface area contributed by atoms with Gasteiger partial charge in [-0.1, -0.05) is 49.1 Å². The van der Waals surface area contributed by atoms with E-state index in [9.17, 15) is 18.3 Å². The van der Waals surface area contributed by atoms with E-state index in [0.29, 0.717) is 27.9 Å². The topological polar surface area (TPSA) is 111 Å². The average molecular weight is 630 g/mol. The van der Waals surface area contributed by atoms with E-state index in [1.54, 1.807) is 42.5 Å². The van der Waals surface area contributed by atoms with E-state index >= 15 is 0 Å². The van der Waals surface area contributed by atoms with Gasteiger partial charge in [-0.25, -0.2) is 22.9 Å². The van der Waals surface area contributed by atoms with Gasteiger partial charge in [-0.05, 0) is 103 Å². The Labute approximate surface area is 261 Å². The number of halogens is 1. The SMILES string of the molecule is CNS(=O)(=O)c1ccc(-c2ccc(Cl)cc2)c(COc2ccc(-c3nc4cc(C(=O)O)ccc4n3C3CCCCC3)cc2)c1. The Kier molecular flexibility index (Phi) is 8.44. The van der Waals surface area contributed by atoms with E-state index in [0.717, 1.165) is 53.7 Å². The number of aromatic nitrogens is 2. The predicted molar refractivity (Wildman–Crippen MR) is 172 cm³/mol. The summed E-state index contributed by atoms with van der Waals surface area (Å²) < 4.78 is 35.9. The van der Waals surface area contributed by atoms with Crippen LogP contribution < -0.4 is 9.46 Å². The summed E-state index contributed by atoms with van der Waals surface area (Å²) in [6, 6.07) is 25.4. The molecule has 0 spiro atoms. The predicted octanol–water partition coefficient (Wildman–Crippen LogP) is 7.71. The number of aromatic carboxylic acids is 1. The highest BCUT2D eigenvalue weighted by molar-refractivity contribution is 7.89. The number of carboxylic acid groups (broad SMARTS) is 1. The Morgan fingerprint density at radius 3 is 2.34 bits per heavy atom. The van der Waals surface area contributed by atoms with E-state index in [-0.39, 0.29) is 17.1 Å². The Morgan fingerprint density at radius 1 is 0.955 bits per heavy atom. The van der Waals surface area contributed by atoms with Gasteiger partial charge in [0.05, 0.1) is 21.5 Å². The molecule has 0 saturated heterocycles. The molecule has 1 aliphatic carbocycles. The van der Waals surface area contributed by atoms with E-state index in [1.807, 2.05) is 42.5 Å². The maximum absolute atomic E-state index is 12.5. The lowest BCUT2D eigenvalue weighted by atomic mass is 9.95. The summed E-state index contributed by atoms with van der Waals surface area (Å²) in [4.78, 5) is 16.7. The van der Waals surface area contributed by atoms with Crippen molar-refractivity contribution in [3.63, 3.8) is 0 Å². The van der Waals surface area contributed by atoms with Crippen molar-refractivity contribution in [3.05, 3.63) is 101 Å². The second kappa shape index (κ2) is 12.4. The van der Waals surface area contributed by atoms with Gasteiger partial charge in [0.2, 0.25) is 10.0 Å². The van der Waals surface area contributed by atoms with Crippen LogP contribution in [0, 0.1) is 0 Å². The highest BCUT2D eigenvalue weighted by atomic mass is 35.5. The molecule has 4 aromatic carbocycles. The van der Waals surface area contributed by atoms with Crippen molar-refractivity contribution in [1.29, 1.82) is 0 Å². The summed E-state index contributed by atoms with van der Waals surface area (Å²) in [6.07, 6.45) is 5.63. The summed E-state index contributed by atoms with van der Waals surface area (Å²) in [6.45, 7) is 0.142. The number of carbonyl (C=O) groups is 1. The van der Waals surface area contributed by atoms with Crippen molar-refractivity contribution in [2.45, 2.75) is 49.6 Å². The Balaban J connectivity index is 1.31. The molecular formula is C34H32ClN3O5S. The molecule has 0 radical (unpaired) electrons. The number of imidazole rings is 1. The summed E-state index contributed by atoms with van der Waals surface area (Å²) in [5, 5.41) is 10.1. The molecule has 1 fully saturated rings. The molecule has 1 heterocycles. The first-order chi connectivity index (χ1) is 21.2. The molecule has 0 atom stereocenters.